The number of hydrogen-bond donors (Lipinski definition) is 2. The van der Waals surface area contributed by atoms with Crippen LogP contribution < -0.4 is 20.3 Å². The second-order valence-electron chi connectivity index (χ2n) is 6.47. The topological polar surface area (TPSA) is 61.8 Å². The van der Waals surface area contributed by atoms with Crippen molar-refractivity contribution in [2.75, 3.05) is 32.6 Å². The first-order valence-electron chi connectivity index (χ1n) is 8.78. The number of aliphatic imine (C=N–C) groups is 1. The fourth-order valence-corrected chi connectivity index (χ4v) is 2.42. The number of guanidine groups is 1. The Bertz CT molecular complexity index is 736. The Labute approximate surface area is 179 Å². The maximum Gasteiger partial charge on any atom is 0.191 e. The quantitative estimate of drug-likeness (QED) is 0.360. The predicted octanol–water partition coefficient (Wildman–Crippen LogP) is 3.21. The summed E-state index contributed by atoms with van der Waals surface area (Å²) in [6, 6.07) is 12.1. The lowest BCUT2D eigenvalue weighted by molar-refractivity contribution is 0.223. The molecule has 2 N–H and O–H groups in total. The third-order valence-corrected chi connectivity index (χ3v) is 3.84. The number of hydrogen-bond acceptors (Lipinski definition) is 4. The van der Waals surface area contributed by atoms with Crippen LogP contribution in [-0.2, 0) is 6.54 Å². The Morgan fingerprint density at radius 3 is 2.67 bits per heavy atom. The van der Waals surface area contributed by atoms with Gasteiger partial charge in [0.1, 0.15) is 17.7 Å². The fraction of sp³-hybridized carbons (Fsp3) is 0.400. The van der Waals surface area contributed by atoms with Gasteiger partial charge >= 0.3 is 0 Å². The van der Waals surface area contributed by atoms with E-state index in [1.807, 2.05) is 56.4 Å². The van der Waals surface area contributed by atoms with Crippen molar-refractivity contribution >= 4 is 35.8 Å². The Morgan fingerprint density at radius 2 is 2.00 bits per heavy atom. The van der Waals surface area contributed by atoms with Gasteiger partial charge in [-0.2, -0.15) is 0 Å². The van der Waals surface area contributed by atoms with E-state index in [0.29, 0.717) is 13.1 Å². The molecule has 6 nitrogen and oxygen atoms in total. The predicted molar refractivity (Wildman–Crippen MR) is 123 cm³/mol. The highest BCUT2D eigenvalue weighted by Crippen LogP contribution is 2.14. The number of aromatic nitrogens is 1. The van der Waals surface area contributed by atoms with Crippen LogP contribution >= 0.6 is 24.0 Å². The van der Waals surface area contributed by atoms with Gasteiger partial charge in [0.05, 0.1) is 6.54 Å². The SMILES string of the molecule is CN=C(NCc1ccnc(N(C)C)c1)NCC(C)Oc1cccc(C)c1.I. The van der Waals surface area contributed by atoms with Gasteiger partial charge in [0.15, 0.2) is 5.96 Å². The monoisotopic (exact) mass is 483 g/mol. The van der Waals surface area contributed by atoms with Crippen molar-refractivity contribution in [3.63, 3.8) is 0 Å². The lowest BCUT2D eigenvalue weighted by Crippen LogP contribution is -2.41. The van der Waals surface area contributed by atoms with Crippen molar-refractivity contribution < 1.29 is 4.74 Å². The molecule has 1 unspecified atom stereocenters. The van der Waals surface area contributed by atoms with E-state index in [-0.39, 0.29) is 30.1 Å². The van der Waals surface area contributed by atoms with E-state index in [4.69, 9.17) is 4.74 Å². The van der Waals surface area contributed by atoms with E-state index in [2.05, 4.69) is 39.7 Å². The van der Waals surface area contributed by atoms with Gasteiger partial charge in [-0.3, -0.25) is 4.99 Å². The van der Waals surface area contributed by atoms with Crippen molar-refractivity contribution in [2.24, 2.45) is 4.99 Å². The molecule has 27 heavy (non-hydrogen) atoms. The van der Waals surface area contributed by atoms with Gasteiger partial charge in [-0.05, 0) is 49.2 Å². The van der Waals surface area contributed by atoms with E-state index in [1.165, 1.54) is 5.56 Å². The number of anilines is 1. The average Bonchev–Trinajstić information content (AvgIpc) is 2.62. The summed E-state index contributed by atoms with van der Waals surface area (Å²) < 4.78 is 5.94. The smallest absolute Gasteiger partial charge is 0.191 e. The highest BCUT2D eigenvalue weighted by molar-refractivity contribution is 14.0. The normalized spacial score (nSPS) is 12.0. The Balaban J connectivity index is 0.00000364. The minimum atomic E-state index is 0. The summed E-state index contributed by atoms with van der Waals surface area (Å²) in [5.41, 5.74) is 2.34. The van der Waals surface area contributed by atoms with Crippen LogP contribution in [0.3, 0.4) is 0 Å². The van der Waals surface area contributed by atoms with Crippen LogP contribution in [0.4, 0.5) is 5.82 Å². The third kappa shape index (κ3) is 8.03. The highest BCUT2D eigenvalue weighted by Gasteiger charge is 2.06. The zero-order valence-corrected chi connectivity index (χ0v) is 19.0. The van der Waals surface area contributed by atoms with Gasteiger partial charge in [0, 0.05) is 33.9 Å². The van der Waals surface area contributed by atoms with Crippen molar-refractivity contribution in [2.45, 2.75) is 26.5 Å². The van der Waals surface area contributed by atoms with Gasteiger partial charge in [0.25, 0.3) is 0 Å². The molecule has 148 valence electrons. The van der Waals surface area contributed by atoms with Crippen LogP contribution in [0.25, 0.3) is 0 Å². The Morgan fingerprint density at radius 1 is 1.22 bits per heavy atom. The van der Waals surface area contributed by atoms with Gasteiger partial charge in [-0.25, -0.2) is 4.98 Å². The molecule has 2 rings (SSSR count). The molecular weight excluding hydrogens is 453 g/mol. The summed E-state index contributed by atoms with van der Waals surface area (Å²) in [6.45, 7) is 5.43. The van der Waals surface area contributed by atoms with Crippen molar-refractivity contribution in [3.8, 4) is 5.75 Å². The number of nitrogens with zero attached hydrogens (tertiary/aromatic N) is 3. The molecule has 0 saturated heterocycles. The number of benzene rings is 1. The van der Waals surface area contributed by atoms with E-state index in [1.54, 1.807) is 7.05 Å². The number of pyridine rings is 1. The molecule has 0 spiro atoms. The maximum absolute atomic E-state index is 5.94. The summed E-state index contributed by atoms with van der Waals surface area (Å²) in [5.74, 6) is 2.57. The largest absolute Gasteiger partial charge is 0.489 e. The molecule has 0 radical (unpaired) electrons. The minimum absolute atomic E-state index is 0. The van der Waals surface area contributed by atoms with E-state index < -0.39 is 0 Å². The highest BCUT2D eigenvalue weighted by atomic mass is 127. The molecule has 0 fully saturated rings. The number of ether oxygens (including phenoxy) is 1. The first kappa shape index (κ1) is 23.0. The van der Waals surface area contributed by atoms with Crippen LogP contribution in [0.2, 0.25) is 0 Å². The maximum atomic E-state index is 5.94. The second-order valence-corrected chi connectivity index (χ2v) is 6.47. The number of halogens is 1. The fourth-order valence-electron chi connectivity index (χ4n) is 2.42. The van der Waals surface area contributed by atoms with Crippen molar-refractivity contribution in [1.29, 1.82) is 0 Å². The van der Waals surface area contributed by atoms with Crippen molar-refractivity contribution in [1.82, 2.24) is 15.6 Å². The van der Waals surface area contributed by atoms with Crippen LogP contribution in [-0.4, -0.2) is 44.7 Å². The van der Waals surface area contributed by atoms with Crippen LogP contribution in [0.15, 0.2) is 47.6 Å². The first-order chi connectivity index (χ1) is 12.5. The molecule has 0 bridgehead atoms. The molecule has 1 aromatic carbocycles. The van der Waals surface area contributed by atoms with Gasteiger partial charge < -0.3 is 20.3 Å². The summed E-state index contributed by atoms with van der Waals surface area (Å²) in [6.07, 6.45) is 1.84. The molecule has 0 aliphatic carbocycles. The number of nitrogens with one attached hydrogen (secondary N) is 2. The van der Waals surface area contributed by atoms with Crippen molar-refractivity contribution in [3.05, 3.63) is 53.7 Å². The number of rotatable bonds is 7. The average molecular weight is 483 g/mol. The summed E-state index contributed by atoms with van der Waals surface area (Å²) in [4.78, 5) is 10.6. The summed E-state index contributed by atoms with van der Waals surface area (Å²) >= 11 is 0. The summed E-state index contributed by atoms with van der Waals surface area (Å²) in [7, 11) is 5.73. The molecule has 0 aliphatic heterocycles. The van der Waals surface area contributed by atoms with E-state index in [9.17, 15) is 0 Å². The van der Waals surface area contributed by atoms with Crippen LogP contribution in [0.1, 0.15) is 18.1 Å². The van der Waals surface area contributed by atoms with E-state index in [0.717, 1.165) is 23.1 Å². The zero-order valence-electron chi connectivity index (χ0n) is 16.7. The Kier molecular flexibility index (Phi) is 9.92. The van der Waals surface area contributed by atoms with E-state index >= 15 is 0 Å². The molecule has 7 heteroatoms. The molecule has 1 heterocycles. The first-order valence-corrected chi connectivity index (χ1v) is 8.78. The standard InChI is InChI=1S/C20H29N5O.HI/c1-15-7-6-8-18(11-15)26-16(2)13-23-20(21-3)24-14-17-9-10-22-19(12-17)25(4)5;/h6-12,16H,13-14H2,1-5H3,(H2,21,23,24);1H. The summed E-state index contributed by atoms with van der Waals surface area (Å²) in [5, 5.41) is 6.62. The molecule has 1 atom stereocenters. The Hall–Kier alpha value is -2.03. The van der Waals surface area contributed by atoms with Crippen LogP contribution in [0, 0.1) is 6.92 Å². The zero-order chi connectivity index (χ0) is 18.9. The molecule has 0 amide bonds. The third-order valence-electron chi connectivity index (χ3n) is 3.84. The lowest BCUT2D eigenvalue weighted by atomic mass is 10.2. The molecule has 2 aromatic rings. The van der Waals surface area contributed by atoms with Gasteiger partial charge in [-0.15, -0.1) is 24.0 Å². The minimum Gasteiger partial charge on any atom is -0.489 e. The molecular formula is C20H30IN5O. The molecule has 0 saturated carbocycles. The number of aryl methyl sites for hydroxylation is 1. The molecule has 1 aromatic heterocycles. The van der Waals surface area contributed by atoms with Gasteiger partial charge in [0.2, 0.25) is 0 Å². The molecule has 0 aliphatic rings. The van der Waals surface area contributed by atoms with Crippen LogP contribution in [0.5, 0.6) is 5.75 Å². The second kappa shape index (κ2) is 11.6. The lowest BCUT2D eigenvalue weighted by Gasteiger charge is -2.18. The van der Waals surface area contributed by atoms with Gasteiger partial charge in [-0.1, -0.05) is 12.1 Å².